The summed E-state index contributed by atoms with van der Waals surface area (Å²) in [7, 11) is 2.10. The first-order chi connectivity index (χ1) is 7.84. The number of nitrogens with zero attached hydrogens (tertiary/aromatic N) is 2. The summed E-state index contributed by atoms with van der Waals surface area (Å²) in [6.45, 7) is 4.36. The molecule has 86 valence electrons. The second-order valence-corrected chi connectivity index (χ2v) is 4.47. The van der Waals surface area contributed by atoms with E-state index in [1.54, 1.807) is 0 Å². The van der Waals surface area contributed by atoms with Crippen molar-refractivity contribution in [3.8, 4) is 0 Å². The molecular weight excluding hydrogens is 200 g/mol. The molecule has 1 fully saturated rings. The van der Waals surface area contributed by atoms with Crippen LogP contribution in [0.25, 0.3) is 0 Å². The highest BCUT2D eigenvalue weighted by Crippen LogP contribution is 2.23. The zero-order valence-corrected chi connectivity index (χ0v) is 9.61. The summed E-state index contributed by atoms with van der Waals surface area (Å²) in [4.78, 5) is 4.62. The molecule has 0 aromatic carbocycles. The highest BCUT2D eigenvalue weighted by Gasteiger charge is 2.24. The van der Waals surface area contributed by atoms with Gasteiger partial charge in [0.1, 0.15) is 0 Å². The zero-order chi connectivity index (χ0) is 11.0. The highest BCUT2D eigenvalue weighted by molar-refractivity contribution is 5.36. The average Bonchev–Trinajstić information content (AvgIpc) is 2.72. The van der Waals surface area contributed by atoms with Crippen molar-refractivity contribution < 1.29 is 0 Å². The van der Waals surface area contributed by atoms with E-state index in [4.69, 9.17) is 0 Å². The van der Waals surface area contributed by atoms with Gasteiger partial charge >= 0.3 is 0 Å². The molecule has 1 unspecified atom stereocenters. The van der Waals surface area contributed by atoms with Gasteiger partial charge in [-0.1, -0.05) is 0 Å². The molecule has 2 N–H and O–H groups in total. The van der Waals surface area contributed by atoms with Gasteiger partial charge in [0.15, 0.2) is 0 Å². The van der Waals surface area contributed by atoms with Gasteiger partial charge in [-0.2, -0.15) is 0 Å². The molecule has 4 heteroatoms. The number of nitrogens with one attached hydrogen (secondary N) is 2. The van der Waals surface area contributed by atoms with Gasteiger partial charge in [-0.25, -0.2) is 0 Å². The van der Waals surface area contributed by atoms with Crippen LogP contribution >= 0.6 is 0 Å². The number of likely N-dealkylation sites (N-methyl/N-ethyl adjacent to an activating group) is 1. The third-order valence-corrected chi connectivity index (χ3v) is 3.42. The first kappa shape index (κ1) is 9.78. The molecule has 1 atom stereocenters. The van der Waals surface area contributed by atoms with E-state index < -0.39 is 0 Å². The lowest BCUT2D eigenvalue weighted by Crippen LogP contribution is -2.44. The van der Waals surface area contributed by atoms with Gasteiger partial charge in [0.25, 0.3) is 0 Å². The van der Waals surface area contributed by atoms with Gasteiger partial charge in [-0.05, 0) is 12.2 Å². The Kier molecular flexibility index (Phi) is 2.36. The van der Waals surface area contributed by atoms with Crippen LogP contribution in [0.5, 0.6) is 0 Å². The van der Waals surface area contributed by atoms with Crippen molar-refractivity contribution in [2.45, 2.75) is 6.04 Å². The van der Waals surface area contributed by atoms with Gasteiger partial charge in [0.2, 0.25) is 0 Å². The van der Waals surface area contributed by atoms with Crippen molar-refractivity contribution >= 4 is 0 Å². The fourth-order valence-electron chi connectivity index (χ4n) is 2.43. The van der Waals surface area contributed by atoms with Gasteiger partial charge in [0.05, 0.1) is 11.7 Å². The van der Waals surface area contributed by atoms with E-state index in [-0.39, 0.29) is 0 Å². The second-order valence-electron chi connectivity index (χ2n) is 4.47. The Bertz CT molecular complexity index is 363. The monoisotopic (exact) mass is 218 g/mol. The van der Waals surface area contributed by atoms with E-state index in [1.807, 2.05) is 0 Å². The maximum absolute atomic E-state index is 3.44. The summed E-state index contributed by atoms with van der Waals surface area (Å²) in [6.07, 6.45) is 8.75. The molecule has 1 saturated heterocycles. The molecule has 3 aliphatic rings. The topological polar surface area (TPSA) is 30.5 Å². The molecule has 0 aromatic rings. The normalized spacial score (nSPS) is 28.4. The van der Waals surface area contributed by atoms with E-state index in [1.165, 1.54) is 11.4 Å². The van der Waals surface area contributed by atoms with Crippen molar-refractivity contribution in [1.29, 1.82) is 0 Å². The van der Waals surface area contributed by atoms with E-state index in [0.29, 0.717) is 6.04 Å². The van der Waals surface area contributed by atoms with Crippen LogP contribution in [-0.4, -0.2) is 49.1 Å². The minimum absolute atomic E-state index is 0.372. The van der Waals surface area contributed by atoms with E-state index in [9.17, 15) is 0 Å². The summed E-state index contributed by atoms with van der Waals surface area (Å²) < 4.78 is 0. The summed E-state index contributed by atoms with van der Waals surface area (Å²) in [5.74, 6) is 0. The molecule has 0 aromatic heterocycles. The number of allylic oxidation sites excluding steroid dienone is 1. The quantitative estimate of drug-likeness (QED) is 0.651. The van der Waals surface area contributed by atoms with Crippen LogP contribution in [0, 0.1) is 0 Å². The molecule has 0 bridgehead atoms. The van der Waals surface area contributed by atoms with E-state index in [2.05, 4.69) is 52.0 Å². The fourth-order valence-corrected chi connectivity index (χ4v) is 2.43. The minimum atomic E-state index is 0.372. The summed E-state index contributed by atoms with van der Waals surface area (Å²) in [5, 5.41) is 6.81. The lowest BCUT2D eigenvalue weighted by molar-refractivity contribution is 0.302. The average molecular weight is 218 g/mol. The second kappa shape index (κ2) is 3.87. The third-order valence-electron chi connectivity index (χ3n) is 3.42. The zero-order valence-electron chi connectivity index (χ0n) is 9.61. The molecule has 3 heterocycles. The van der Waals surface area contributed by atoms with Crippen LogP contribution in [0.15, 0.2) is 35.9 Å². The minimum Gasteiger partial charge on any atom is -0.378 e. The van der Waals surface area contributed by atoms with Gasteiger partial charge in [-0.3, -0.25) is 0 Å². The number of dihydropyridines is 1. The number of hydrogen-bond donors (Lipinski definition) is 2. The Morgan fingerprint density at radius 1 is 1.31 bits per heavy atom. The van der Waals surface area contributed by atoms with Crippen molar-refractivity contribution in [3.05, 3.63) is 35.9 Å². The first-order valence-corrected chi connectivity index (χ1v) is 5.89. The Balaban J connectivity index is 1.78. The van der Waals surface area contributed by atoms with Crippen LogP contribution in [0.1, 0.15) is 0 Å². The lowest BCUT2D eigenvalue weighted by Gasteiger charge is -2.33. The van der Waals surface area contributed by atoms with Crippen molar-refractivity contribution in [2.24, 2.45) is 0 Å². The third kappa shape index (κ3) is 1.59. The molecule has 3 aliphatic heterocycles. The van der Waals surface area contributed by atoms with Gasteiger partial charge in [0, 0.05) is 51.3 Å². The number of hydrogen-bond acceptors (Lipinski definition) is 4. The molecule has 0 amide bonds. The summed E-state index contributed by atoms with van der Waals surface area (Å²) in [5.41, 5.74) is 2.65. The maximum Gasteiger partial charge on any atom is 0.0863 e. The van der Waals surface area contributed by atoms with E-state index in [0.717, 1.165) is 26.2 Å². The molecule has 0 aliphatic carbocycles. The van der Waals surface area contributed by atoms with Crippen molar-refractivity contribution in [1.82, 2.24) is 20.4 Å². The van der Waals surface area contributed by atoms with Gasteiger partial charge in [-0.15, -0.1) is 0 Å². The van der Waals surface area contributed by atoms with Crippen LogP contribution in [0.4, 0.5) is 0 Å². The van der Waals surface area contributed by atoms with Crippen LogP contribution in [-0.2, 0) is 0 Å². The van der Waals surface area contributed by atoms with Gasteiger partial charge < -0.3 is 20.4 Å². The molecule has 0 saturated carbocycles. The summed E-state index contributed by atoms with van der Waals surface area (Å²) >= 11 is 0. The number of piperazine rings is 1. The van der Waals surface area contributed by atoms with Crippen molar-refractivity contribution in [2.75, 3.05) is 33.2 Å². The predicted molar refractivity (Wildman–Crippen MR) is 64.4 cm³/mol. The standard InChI is InChI=1S/C12H18N4/c1-15-5-2-11-12(15)8-10(9-14-11)16-6-3-13-4-7-16/h2,5,8-9,11,13-14H,3-4,6-7H2,1H3. The van der Waals surface area contributed by atoms with Crippen LogP contribution < -0.4 is 10.6 Å². The lowest BCUT2D eigenvalue weighted by atomic mass is 10.1. The van der Waals surface area contributed by atoms with Crippen LogP contribution in [0.3, 0.4) is 0 Å². The first-order valence-electron chi connectivity index (χ1n) is 5.89. The predicted octanol–water partition coefficient (Wildman–Crippen LogP) is 0.0478. The summed E-state index contributed by atoms with van der Waals surface area (Å²) in [6, 6.07) is 0.372. The largest absolute Gasteiger partial charge is 0.378 e. The van der Waals surface area contributed by atoms with E-state index >= 15 is 0 Å². The highest BCUT2D eigenvalue weighted by atomic mass is 15.2. The SMILES string of the molecule is CN1C=CC2NC=C(N3CCNCC3)C=C21. The number of fused-ring (bicyclic) bond motifs is 1. The fraction of sp³-hybridized carbons (Fsp3) is 0.500. The molecule has 3 rings (SSSR count). The molecule has 0 radical (unpaired) electrons. The maximum atomic E-state index is 3.44. The molecule has 0 spiro atoms. The van der Waals surface area contributed by atoms with Crippen molar-refractivity contribution in [3.63, 3.8) is 0 Å². The number of rotatable bonds is 1. The molecular formula is C12H18N4. The Labute approximate surface area is 96.3 Å². The Morgan fingerprint density at radius 3 is 2.94 bits per heavy atom. The Morgan fingerprint density at radius 2 is 2.12 bits per heavy atom. The molecule has 16 heavy (non-hydrogen) atoms. The van der Waals surface area contributed by atoms with Crippen LogP contribution in [0.2, 0.25) is 0 Å². The smallest absolute Gasteiger partial charge is 0.0863 e. The Hall–Kier alpha value is -1.42. The molecule has 4 nitrogen and oxygen atoms in total.